The van der Waals surface area contributed by atoms with Crippen LogP contribution in [0.4, 0.5) is 0 Å². The Bertz CT molecular complexity index is 461. The largest absolute Gasteiger partial charge is 0.393 e. The average Bonchev–Trinajstić information content (AvgIpc) is 2.42. The second-order valence-electron chi connectivity index (χ2n) is 6.78. The van der Waals surface area contributed by atoms with Crippen LogP contribution in [0.5, 0.6) is 0 Å². The Labute approximate surface area is 129 Å². The zero-order valence-electron chi connectivity index (χ0n) is 13.7. The van der Waals surface area contributed by atoms with Crippen molar-refractivity contribution >= 4 is 0 Å². The number of nitrogens with two attached hydrogens (primary N) is 1. The summed E-state index contributed by atoms with van der Waals surface area (Å²) in [6.07, 6.45) is 2.58. The number of rotatable bonds is 5. The molecular formula is C18H30N2O. The first-order valence-corrected chi connectivity index (χ1v) is 8.20. The molecule has 21 heavy (non-hydrogen) atoms. The third-order valence-electron chi connectivity index (χ3n) is 4.62. The Morgan fingerprint density at radius 2 is 2.10 bits per heavy atom. The fourth-order valence-corrected chi connectivity index (χ4v) is 3.41. The summed E-state index contributed by atoms with van der Waals surface area (Å²) in [6.45, 7) is 9.35. The van der Waals surface area contributed by atoms with Gasteiger partial charge in [0.1, 0.15) is 0 Å². The van der Waals surface area contributed by atoms with E-state index in [9.17, 15) is 5.11 Å². The van der Waals surface area contributed by atoms with Gasteiger partial charge < -0.3 is 10.8 Å². The molecule has 3 unspecified atom stereocenters. The zero-order chi connectivity index (χ0) is 15.4. The molecule has 1 aliphatic rings. The number of aryl methyl sites for hydroxylation is 2. The number of aliphatic hydroxyl groups excluding tert-OH is 1. The maximum atomic E-state index is 9.89. The molecule has 0 aliphatic carbocycles. The summed E-state index contributed by atoms with van der Waals surface area (Å²) in [6, 6.07) is 6.89. The van der Waals surface area contributed by atoms with Gasteiger partial charge in [-0.15, -0.1) is 0 Å². The predicted molar refractivity (Wildman–Crippen MR) is 88.2 cm³/mol. The van der Waals surface area contributed by atoms with Crippen LogP contribution in [0.25, 0.3) is 0 Å². The van der Waals surface area contributed by atoms with Crippen LogP contribution in [-0.4, -0.2) is 35.2 Å². The van der Waals surface area contributed by atoms with Crippen LogP contribution in [0.3, 0.4) is 0 Å². The van der Waals surface area contributed by atoms with Gasteiger partial charge in [0.25, 0.3) is 0 Å². The van der Waals surface area contributed by atoms with Crippen LogP contribution < -0.4 is 5.73 Å². The summed E-state index contributed by atoms with van der Waals surface area (Å²) in [5.74, 6) is 0.522. The van der Waals surface area contributed by atoms with Gasteiger partial charge in [0, 0.05) is 25.7 Å². The molecule has 0 saturated carbocycles. The summed E-state index contributed by atoms with van der Waals surface area (Å²) in [4.78, 5) is 2.46. The van der Waals surface area contributed by atoms with Gasteiger partial charge >= 0.3 is 0 Å². The third-order valence-corrected chi connectivity index (χ3v) is 4.62. The average molecular weight is 290 g/mol. The van der Waals surface area contributed by atoms with E-state index in [1.165, 1.54) is 16.7 Å². The molecule has 0 radical (unpaired) electrons. The van der Waals surface area contributed by atoms with Crippen LogP contribution in [0, 0.1) is 19.8 Å². The second kappa shape index (κ2) is 7.39. The van der Waals surface area contributed by atoms with E-state index in [0.717, 1.165) is 38.9 Å². The van der Waals surface area contributed by atoms with Gasteiger partial charge in [-0.3, -0.25) is 4.90 Å². The quantitative estimate of drug-likeness (QED) is 0.876. The van der Waals surface area contributed by atoms with Crippen LogP contribution in [0.1, 0.15) is 42.9 Å². The Morgan fingerprint density at radius 1 is 1.33 bits per heavy atom. The van der Waals surface area contributed by atoms with Gasteiger partial charge in [-0.25, -0.2) is 0 Å². The summed E-state index contributed by atoms with van der Waals surface area (Å²) in [7, 11) is 0. The van der Waals surface area contributed by atoms with E-state index in [0.29, 0.717) is 5.92 Å². The van der Waals surface area contributed by atoms with E-state index in [-0.39, 0.29) is 12.1 Å². The Morgan fingerprint density at radius 3 is 2.81 bits per heavy atom. The van der Waals surface area contributed by atoms with E-state index < -0.39 is 0 Å². The van der Waals surface area contributed by atoms with Crippen molar-refractivity contribution in [3.8, 4) is 0 Å². The predicted octanol–water partition coefficient (Wildman–Crippen LogP) is 2.61. The van der Waals surface area contributed by atoms with E-state index in [1.807, 2.05) is 6.92 Å². The van der Waals surface area contributed by atoms with Gasteiger partial charge in [0.15, 0.2) is 0 Å². The topological polar surface area (TPSA) is 49.5 Å². The van der Waals surface area contributed by atoms with Gasteiger partial charge in [-0.2, -0.15) is 0 Å². The van der Waals surface area contributed by atoms with Crippen molar-refractivity contribution in [2.24, 2.45) is 11.7 Å². The smallest absolute Gasteiger partial charge is 0.0540 e. The Balaban J connectivity index is 2.00. The van der Waals surface area contributed by atoms with Gasteiger partial charge in [0.2, 0.25) is 0 Å². The molecule has 1 aliphatic heterocycles. The summed E-state index contributed by atoms with van der Waals surface area (Å²) in [5, 5.41) is 9.89. The normalized spacial score (nSPS) is 25.0. The van der Waals surface area contributed by atoms with E-state index >= 15 is 0 Å². The summed E-state index contributed by atoms with van der Waals surface area (Å²) in [5.41, 5.74) is 10.3. The number of benzene rings is 1. The van der Waals surface area contributed by atoms with Crippen LogP contribution in [-0.2, 0) is 6.54 Å². The molecule has 118 valence electrons. The molecule has 3 N–H and O–H groups in total. The van der Waals surface area contributed by atoms with Crippen molar-refractivity contribution in [2.45, 2.75) is 58.7 Å². The van der Waals surface area contributed by atoms with Crippen molar-refractivity contribution in [3.63, 3.8) is 0 Å². The molecule has 2 rings (SSSR count). The van der Waals surface area contributed by atoms with E-state index in [1.54, 1.807) is 0 Å². The van der Waals surface area contributed by atoms with Gasteiger partial charge in [-0.05, 0) is 50.2 Å². The van der Waals surface area contributed by atoms with Crippen molar-refractivity contribution < 1.29 is 5.11 Å². The highest BCUT2D eigenvalue weighted by Crippen LogP contribution is 2.24. The van der Waals surface area contributed by atoms with Crippen molar-refractivity contribution in [1.29, 1.82) is 0 Å². The first-order valence-electron chi connectivity index (χ1n) is 8.20. The molecule has 1 heterocycles. The fraction of sp³-hybridized carbons (Fsp3) is 0.667. The van der Waals surface area contributed by atoms with Crippen molar-refractivity contribution in [2.75, 3.05) is 13.1 Å². The molecule has 3 atom stereocenters. The first-order chi connectivity index (χ1) is 9.97. The minimum atomic E-state index is -0.178. The molecule has 0 aromatic heterocycles. The molecule has 1 aromatic rings. The summed E-state index contributed by atoms with van der Waals surface area (Å²) >= 11 is 0. The number of nitrogens with zero attached hydrogens (tertiary/aromatic N) is 1. The maximum absolute atomic E-state index is 9.89. The molecule has 1 fully saturated rings. The first kappa shape index (κ1) is 16.5. The van der Waals surface area contributed by atoms with Crippen LogP contribution in [0.15, 0.2) is 18.2 Å². The number of aliphatic hydroxyl groups is 1. The van der Waals surface area contributed by atoms with E-state index in [2.05, 4.69) is 36.9 Å². The lowest BCUT2D eigenvalue weighted by Gasteiger charge is -2.37. The standard InChI is InChI=1S/C18H30N2O/c1-4-18(21)9-15-8-17(19)12-20(10-15)11-16-7-13(2)5-6-14(16)3/h5-7,15,17-18,21H,4,8-12,19H2,1-3H3. The van der Waals surface area contributed by atoms with Crippen molar-refractivity contribution in [1.82, 2.24) is 4.90 Å². The number of hydrogen-bond donors (Lipinski definition) is 2. The number of hydrogen-bond acceptors (Lipinski definition) is 3. The SMILES string of the molecule is CCC(O)CC1CC(N)CN(Cc2cc(C)ccc2C)C1. The third kappa shape index (κ3) is 4.80. The number of likely N-dealkylation sites (tertiary alicyclic amines) is 1. The maximum Gasteiger partial charge on any atom is 0.0540 e. The molecular weight excluding hydrogens is 260 g/mol. The van der Waals surface area contributed by atoms with Crippen LogP contribution in [0.2, 0.25) is 0 Å². The number of piperidine rings is 1. The highest BCUT2D eigenvalue weighted by molar-refractivity contribution is 5.30. The van der Waals surface area contributed by atoms with E-state index in [4.69, 9.17) is 5.73 Å². The molecule has 3 heteroatoms. The summed E-state index contributed by atoms with van der Waals surface area (Å²) < 4.78 is 0. The molecule has 3 nitrogen and oxygen atoms in total. The molecule has 0 spiro atoms. The molecule has 0 amide bonds. The minimum absolute atomic E-state index is 0.178. The lowest BCUT2D eigenvalue weighted by molar-refractivity contribution is 0.0875. The monoisotopic (exact) mass is 290 g/mol. The highest BCUT2D eigenvalue weighted by Gasteiger charge is 2.26. The lowest BCUT2D eigenvalue weighted by atomic mass is 9.89. The van der Waals surface area contributed by atoms with Gasteiger partial charge in [0.05, 0.1) is 6.10 Å². The highest BCUT2D eigenvalue weighted by atomic mass is 16.3. The minimum Gasteiger partial charge on any atom is -0.393 e. The van der Waals surface area contributed by atoms with Crippen molar-refractivity contribution in [3.05, 3.63) is 34.9 Å². The lowest BCUT2D eigenvalue weighted by Crippen LogP contribution is -2.47. The van der Waals surface area contributed by atoms with Gasteiger partial charge in [-0.1, -0.05) is 30.7 Å². The molecule has 1 aromatic carbocycles. The molecule has 1 saturated heterocycles. The molecule has 0 bridgehead atoms. The van der Waals surface area contributed by atoms with Crippen LogP contribution >= 0.6 is 0 Å². The Kier molecular flexibility index (Phi) is 5.80. The second-order valence-corrected chi connectivity index (χ2v) is 6.78. The fourth-order valence-electron chi connectivity index (χ4n) is 3.41. The zero-order valence-corrected chi connectivity index (χ0v) is 13.7. The Hall–Kier alpha value is -0.900.